The number of fused-ring (bicyclic) bond motifs is 1. The summed E-state index contributed by atoms with van der Waals surface area (Å²) in [5.41, 5.74) is 2.25. The minimum atomic E-state index is 0.130. The van der Waals surface area contributed by atoms with Crippen molar-refractivity contribution in [2.75, 3.05) is 6.54 Å². The molecule has 1 aromatic heterocycles. The Morgan fingerprint density at radius 1 is 1.41 bits per heavy atom. The maximum Gasteiger partial charge on any atom is 0.226 e. The maximum absolute atomic E-state index is 12.3. The van der Waals surface area contributed by atoms with E-state index in [-0.39, 0.29) is 11.7 Å². The first-order valence-corrected chi connectivity index (χ1v) is 7.49. The van der Waals surface area contributed by atoms with E-state index in [0.717, 1.165) is 18.5 Å². The largest absolute Gasteiger partial charge is 0.508 e. The molecule has 1 aliphatic rings. The van der Waals surface area contributed by atoms with E-state index < -0.39 is 0 Å². The van der Waals surface area contributed by atoms with Crippen molar-refractivity contribution in [3.63, 3.8) is 0 Å². The van der Waals surface area contributed by atoms with Crippen LogP contribution in [0.2, 0.25) is 0 Å². The number of phenolic OH excluding ortho intramolecular Hbond substituents is 1. The predicted octanol–water partition coefficient (Wildman–Crippen LogP) is 1.99. The molecule has 22 heavy (non-hydrogen) atoms. The molecule has 0 atom stereocenters. The third-order valence-corrected chi connectivity index (χ3v) is 3.91. The highest BCUT2D eigenvalue weighted by Gasteiger charge is 2.20. The molecule has 6 heteroatoms. The molecule has 2 heterocycles. The highest BCUT2D eigenvalue weighted by atomic mass is 16.5. The summed E-state index contributed by atoms with van der Waals surface area (Å²) in [6.07, 6.45) is 2.63. The maximum atomic E-state index is 12.3. The molecular weight excluding hydrogens is 282 g/mol. The molecule has 0 radical (unpaired) electrons. The molecule has 0 spiro atoms. The number of phenols is 1. The Kier molecular flexibility index (Phi) is 4.09. The molecule has 1 aliphatic heterocycles. The van der Waals surface area contributed by atoms with Gasteiger partial charge in [0.25, 0.3) is 0 Å². The lowest BCUT2D eigenvalue weighted by atomic mass is 9.99. The summed E-state index contributed by atoms with van der Waals surface area (Å²) in [6.45, 7) is 3.08. The molecule has 0 saturated heterocycles. The highest BCUT2D eigenvalue weighted by molar-refractivity contribution is 5.76. The summed E-state index contributed by atoms with van der Waals surface area (Å²) in [7, 11) is 0. The van der Waals surface area contributed by atoms with Crippen LogP contribution in [0.5, 0.6) is 5.75 Å². The zero-order valence-electron chi connectivity index (χ0n) is 12.6. The van der Waals surface area contributed by atoms with Crippen LogP contribution < -0.4 is 0 Å². The highest BCUT2D eigenvalue weighted by Crippen LogP contribution is 2.23. The summed E-state index contributed by atoms with van der Waals surface area (Å²) in [6, 6.07) is 5.38. The van der Waals surface area contributed by atoms with Crippen molar-refractivity contribution in [2.24, 2.45) is 0 Å². The van der Waals surface area contributed by atoms with Crippen LogP contribution in [-0.4, -0.2) is 32.6 Å². The Morgan fingerprint density at radius 3 is 3.05 bits per heavy atom. The SMILES string of the molecule is Cc1noc(CCCC(=O)N2CCc3ccc(O)cc3C2)n1. The molecule has 1 amide bonds. The van der Waals surface area contributed by atoms with Crippen molar-refractivity contribution in [2.45, 2.75) is 39.2 Å². The van der Waals surface area contributed by atoms with Crippen LogP contribution in [0.25, 0.3) is 0 Å². The van der Waals surface area contributed by atoms with E-state index in [2.05, 4.69) is 10.1 Å². The molecule has 6 nitrogen and oxygen atoms in total. The number of benzene rings is 1. The number of aryl methyl sites for hydroxylation is 2. The van der Waals surface area contributed by atoms with Crippen LogP contribution in [-0.2, 0) is 24.2 Å². The zero-order chi connectivity index (χ0) is 15.5. The number of rotatable bonds is 4. The third kappa shape index (κ3) is 3.27. The first-order chi connectivity index (χ1) is 10.6. The van der Waals surface area contributed by atoms with Crippen LogP contribution in [0, 0.1) is 6.92 Å². The number of aromatic nitrogens is 2. The lowest BCUT2D eigenvalue weighted by molar-refractivity contribution is -0.132. The van der Waals surface area contributed by atoms with E-state index in [4.69, 9.17) is 4.52 Å². The van der Waals surface area contributed by atoms with E-state index in [1.165, 1.54) is 5.56 Å². The van der Waals surface area contributed by atoms with Gasteiger partial charge in [-0.25, -0.2) is 0 Å². The monoisotopic (exact) mass is 301 g/mol. The number of nitrogens with zero attached hydrogens (tertiary/aromatic N) is 3. The summed E-state index contributed by atoms with van der Waals surface area (Å²) in [4.78, 5) is 18.3. The Labute approximate surface area is 128 Å². The van der Waals surface area contributed by atoms with Gasteiger partial charge < -0.3 is 14.5 Å². The van der Waals surface area contributed by atoms with E-state index in [9.17, 15) is 9.90 Å². The Balaban J connectivity index is 1.53. The fourth-order valence-electron chi connectivity index (χ4n) is 2.75. The van der Waals surface area contributed by atoms with Gasteiger partial charge in [-0.05, 0) is 43.0 Å². The number of carbonyl (C=O) groups is 1. The van der Waals surface area contributed by atoms with Gasteiger partial charge in [-0.3, -0.25) is 4.79 Å². The minimum absolute atomic E-state index is 0.130. The van der Waals surface area contributed by atoms with Gasteiger partial charge in [0.15, 0.2) is 5.82 Å². The molecule has 0 fully saturated rings. The molecule has 3 rings (SSSR count). The van der Waals surface area contributed by atoms with Crippen molar-refractivity contribution in [1.82, 2.24) is 15.0 Å². The molecule has 1 N–H and O–H groups in total. The second-order valence-corrected chi connectivity index (χ2v) is 5.61. The number of hydrogen-bond acceptors (Lipinski definition) is 5. The molecule has 1 aromatic carbocycles. The van der Waals surface area contributed by atoms with Gasteiger partial charge >= 0.3 is 0 Å². The minimum Gasteiger partial charge on any atom is -0.508 e. The van der Waals surface area contributed by atoms with Gasteiger partial charge in [0.2, 0.25) is 11.8 Å². The first-order valence-electron chi connectivity index (χ1n) is 7.49. The predicted molar refractivity (Wildman–Crippen MR) is 79.2 cm³/mol. The molecule has 2 aromatic rings. The van der Waals surface area contributed by atoms with E-state index >= 15 is 0 Å². The average molecular weight is 301 g/mol. The van der Waals surface area contributed by atoms with Crippen LogP contribution in [0.15, 0.2) is 22.7 Å². The van der Waals surface area contributed by atoms with Crippen LogP contribution in [0.1, 0.15) is 35.7 Å². The summed E-state index contributed by atoms with van der Waals surface area (Å²) < 4.78 is 5.04. The smallest absolute Gasteiger partial charge is 0.226 e. The summed E-state index contributed by atoms with van der Waals surface area (Å²) in [5, 5.41) is 13.3. The van der Waals surface area contributed by atoms with Crippen LogP contribution in [0.4, 0.5) is 0 Å². The molecule has 0 unspecified atom stereocenters. The standard InChI is InChI=1S/C16H19N3O3/c1-11-17-15(22-18-11)3-2-4-16(21)19-8-7-12-5-6-14(20)9-13(12)10-19/h5-6,9,20H,2-4,7-8,10H2,1H3. The normalized spacial score (nSPS) is 14.0. The quantitative estimate of drug-likeness (QED) is 0.934. The van der Waals surface area contributed by atoms with Crippen molar-refractivity contribution < 1.29 is 14.4 Å². The number of hydrogen-bond donors (Lipinski definition) is 1. The second kappa shape index (κ2) is 6.17. The van der Waals surface area contributed by atoms with E-state index in [0.29, 0.717) is 37.5 Å². The molecule has 0 bridgehead atoms. The van der Waals surface area contributed by atoms with Gasteiger partial charge in [-0.15, -0.1) is 0 Å². The zero-order valence-corrected chi connectivity index (χ0v) is 12.6. The second-order valence-electron chi connectivity index (χ2n) is 5.61. The molecule has 116 valence electrons. The van der Waals surface area contributed by atoms with Crippen molar-refractivity contribution in [3.8, 4) is 5.75 Å². The number of carbonyl (C=O) groups excluding carboxylic acids is 1. The Bertz CT molecular complexity index is 681. The van der Waals surface area contributed by atoms with Gasteiger partial charge in [0.05, 0.1) is 0 Å². The van der Waals surface area contributed by atoms with Crippen LogP contribution >= 0.6 is 0 Å². The Morgan fingerprint density at radius 2 is 2.27 bits per heavy atom. The third-order valence-electron chi connectivity index (χ3n) is 3.91. The summed E-state index contributed by atoms with van der Waals surface area (Å²) in [5.74, 6) is 1.58. The Hall–Kier alpha value is -2.37. The van der Waals surface area contributed by atoms with Gasteiger partial charge in [-0.2, -0.15) is 4.98 Å². The lowest BCUT2D eigenvalue weighted by Crippen LogP contribution is -2.35. The molecule has 0 aliphatic carbocycles. The van der Waals surface area contributed by atoms with Crippen molar-refractivity contribution in [3.05, 3.63) is 41.0 Å². The van der Waals surface area contributed by atoms with Gasteiger partial charge in [0, 0.05) is 25.9 Å². The number of amides is 1. The lowest BCUT2D eigenvalue weighted by Gasteiger charge is -2.29. The van der Waals surface area contributed by atoms with Crippen LogP contribution in [0.3, 0.4) is 0 Å². The molecule has 0 saturated carbocycles. The number of aromatic hydroxyl groups is 1. The summed E-state index contributed by atoms with van der Waals surface area (Å²) >= 11 is 0. The fraction of sp³-hybridized carbons (Fsp3) is 0.438. The van der Waals surface area contributed by atoms with E-state index in [1.54, 1.807) is 19.1 Å². The first kappa shape index (κ1) is 14.6. The van der Waals surface area contributed by atoms with Gasteiger partial charge in [0.1, 0.15) is 5.75 Å². The van der Waals surface area contributed by atoms with Gasteiger partial charge in [-0.1, -0.05) is 11.2 Å². The molecular formula is C16H19N3O3. The van der Waals surface area contributed by atoms with Crippen molar-refractivity contribution in [1.29, 1.82) is 0 Å². The van der Waals surface area contributed by atoms with Crippen molar-refractivity contribution >= 4 is 5.91 Å². The topological polar surface area (TPSA) is 79.5 Å². The fourth-order valence-corrected chi connectivity index (χ4v) is 2.75. The average Bonchev–Trinajstić information content (AvgIpc) is 2.92. The van der Waals surface area contributed by atoms with E-state index in [1.807, 2.05) is 11.0 Å².